The lowest BCUT2D eigenvalue weighted by Gasteiger charge is -2.31. The first kappa shape index (κ1) is 15.4. The Morgan fingerprint density at radius 3 is 2.90 bits per heavy atom. The predicted octanol–water partition coefficient (Wildman–Crippen LogP) is 0.878. The molecule has 0 radical (unpaired) electrons. The second-order valence-corrected chi connectivity index (χ2v) is 5.00. The Bertz CT molecular complexity index is 598. The number of hydrogen-bond acceptors (Lipinski definition) is 5. The number of amides is 1. The van der Waals surface area contributed by atoms with Crippen LogP contribution in [0.1, 0.15) is 6.92 Å². The van der Waals surface area contributed by atoms with Gasteiger partial charge in [-0.3, -0.25) is 4.79 Å². The maximum absolute atomic E-state index is 12.2. The SMILES string of the molecule is CC(C(=O)Nc1cccc(-n2cnnn2)c1)C1CNC1.Cl. The third-order valence-corrected chi connectivity index (χ3v) is 3.66. The van der Waals surface area contributed by atoms with Gasteiger partial charge in [-0.1, -0.05) is 13.0 Å². The number of halogens is 1. The average molecular weight is 309 g/mol. The molecule has 0 bridgehead atoms. The van der Waals surface area contributed by atoms with Crippen molar-refractivity contribution in [3.05, 3.63) is 30.6 Å². The van der Waals surface area contributed by atoms with Crippen molar-refractivity contribution < 1.29 is 4.79 Å². The summed E-state index contributed by atoms with van der Waals surface area (Å²) < 4.78 is 1.55. The minimum absolute atomic E-state index is 0. The standard InChI is InChI=1S/C13H16N6O.ClH/c1-9(10-6-14-7-10)13(20)16-11-3-2-4-12(5-11)19-8-15-17-18-19;/h2-5,8-10,14H,6-7H2,1H3,(H,16,20);1H. The van der Waals surface area contributed by atoms with Gasteiger partial charge < -0.3 is 10.6 Å². The summed E-state index contributed by atoms with van der Waals surface area (Å²) in [5.74, 6) is 0.482. The van der Waals surface area contributed by atoms with Gasteiger partial charge in [0.05, 0.1) is 5.69 Å². The van der Waals surface area contributed by atoms with E-state index in [2.05, 4.69) is 26.2 Å². The zero-order valence-corrected chi connectivity index (χ0v) is 12.4. The van der Waals surface area contributed by atoms with Gasteiger partial charge in [-0.2, -0.15) is 0 Å². The topological polar surface area (TPSA) is 84.7 Å². The van der Waals surface area contributed by atoms with E-state index >= 15 is 0 Å². The molecule has 2 aromatic rings. The molecule has 1 fully saturated rings. The molecule has 1 amide bonds. The smallest absolute Gasteiger partial charge is 0.227 e. The van der Waals surface area contributed by atoms with E-state index in [-0.39, 0.29) is 24.2 Å². The molecule has 0 spiro atoms. The number of carbonyl (C=O) groups excluding carboxylic acids is 1. The van der Waals surface area contributed by atoms with Gasteiger partial charge in [-0.25, -0.2) is 4.68 Å². The van der Waals surface area contributed by atoms with Gasteiger partial charge >= 0.3 is 0 Å². The van der Waals surface area contributed by atoms with Gasteiger partial charge in [0.25, 0.3) is 0 Å². The van der Waals surface area contributed by atoms with Crippen LogP contribution in [0.15, 0.2) is 30.6 Å². The molecular formula is C13H17ClN6O. The summed E-state index contributed by atoms with van der Waals surface area (Å²) in [5.41, 5.74) is 1.56. The van der Waals surface area contributed by atoms with E-state index in [1.54, 1.807) is 4.68 Å². The fourth-order valence-corrected chi connectivity index (χ4v) is 2.14. The van der Waals surface area contributed by atoms with Gasteiger partial charge in [0.2, 0.25) is 5.91 Å². The largest absolute Gasteiger partial charge is 0.326 e. The lowest BCUT2D eigenvalue weighted by molar-refractivity contribution is -0.121. The van der Waals surface area contributed by atoms with Crippen molar-refractivity contribution in [1.29, 1.82) is 0 Å². The Morgan fingerprint density at radius 1 is 1.48 bits per heavy atom. The van der Waals surface area contributed by atoms with Crippen molar-refractivity contribution in [2.45, 2.75) is 6.92 Å². The molecule has 112 valence electrons. The monoisotopic (exact) mass is 308 g/mol. The molecular weight excluding hydrogens is 292 g/mol. The minimum atomic E-state index is 0. The zero-order valence-electron chi connectivity index (χ0n) is 11.6. The first-order valence-electron chi connectivity index (χ1n) is 6.59. The Morgan fingerprint density at radius 2 is 2.29 bits per heavy atom. The van der Waals surface area contributed by atoms with Crippen LogP contribution in [0, 0.1) is 11.8 Å². The first-order valence-corrected chi connectivity index (χ1v) is 6.59. The highest BCUT2D eigenvalue weighted by molar-refractivity contribution is 5.92. The Kier molecular flexibility index (Phi) is 4.87. The Labute approximate surface area is 128 Å². The molecule has 1 unspecified atom stereocenters. The fraction of sp³-hybridized carbons (Fsp3) is 0.385. The number of tetrazole rings is 1. The molecule has 21 heavy (non-hydrogen) atoms. The van der Waals surface area contributed by atoms with Crippen LogP contribution < -0.4 is 10.6 Å². The summed E-state index contributed by atoms with van der Waals surface area (Å²) in [5, 5.41) is 17.1. The van der Waals surface area contributed by atoms with Gasteiger partial charge in [-0.15, -0.1) is 17.5 Å². The Hall–Kier alpha value is -1.99. The number of nitrogens with zero attached hydrogens (tertiary/aromatic N) is 4. The van der Waals surface area contributed by atoms with Crippen LogP contribution in [0.5, 0.6) is 0 Å². The number of aromatic nitrogens is 4. The zero-order chi connectivity index (χ0) is 13.9. The molecule has 1 aromatic heterocycles. The quantitative estimate of drug-likeness (QED) is 0.876. The molecule has 1 aliphatic heterocycles. The summed E-state index contributed by atoms with van der Waals surface area (Å²) in [4.78, 5) is 12.2. The number of benzene rings is 1. The minimum Gasteiger partial charge on any atom is -0.326 e. The third kappa shape index (κ3) is 3.37. The molecule has 1 aliphatic rings. The van der Waals surface area contributed by atoms with E-state index in [9.17, 15) is 4.79 Å². The van der Waals surface area contributed by atoms with Gasteiger partial charge in [-0.05, 0) is 47.6 Å². The van der Waals surface area contributed by atoms with E-state index in [1.165, 1.54) is 6.33 Å². The summed E-state index contributed by atoms with van der Waals surface area (Å²) in [6.07, 6.45) is 1.52. The van der Waals surface area contributed by atoms with E-state index in [0.29, 0.717) is 5.92 Å². The van der Waals surface area contributed by atoms with E-state index in [0.717, 1.165) is 24.5 Å². The lowest BCUT2D eigenvalue weighted by Crippen LogP contribution is -2.48. The first-order chi connectivity index (χ1) is 9.74. The van der Waals surface area contributed by atoms with Gasteiger partial charge in [0, 0.05) is 11.6 Å². The van der Waals surface area contributed by atoms with Crippen molar-refractivity contribution >= 4 is 24.0 Å². The van der Waals surface area contributed by atoms with Gasteiger partial charge in [0.15, 0.2) is 0 Å². The molecule has 8 heteroatoms. The number of rotatable bonds is 4. The van der Waals surface area contributed by atoms with Crippen LogP contribution in [0.3, 0.4) is 0 Å². The maximum atomic E-state index is 12.2. The highest BCUT2D eigenvalue weighted by Crippen LogP contribution is 2.19. The molecule has 7 nitrogen and oxygen atoms in total. The van der Waals surface area contributed by atoms with Crippen LogP contribution in [0.4, 0.5) is 5.69 Å². The Balaban J connectivity index is 0.00000161. The van der Waals surface area contributed by atoms with E-state index < -0.39 is 0 Å². The molecule has 2 N–H and O–H groups in total. The van der Waals surface area contributed by atoms with Crippen molar-refractivity contribution in [3.8, 4) is 5.69 Å². The molecule has 1 atom stereocenters. The van der Waals surface area contributed by atoms with Crippen molar-refractivity contribution in [1.82, 2.24) is 25.5 Å². The van der Waals surface area contributed by atoms with Crippen LogP contribution in [-0.2, 0) is 4.79 Å². The summed E-state index contributed by atoms with van der Waals surface area (Å²) in [6, 6.07) is 7.45. The maximum Gasteiger partial charge on any atom is 0.227 e. The normalized spacial score (nSPS) is 15.7. The molecule has 1 saturated heterocycles. The van der Waals surface area contributed by atoms with E-state index in [1.807, 2.05) is 31.2 Å². The van der Waals surface area contributed by atoms with Crippen molar-refractivity contribution in [3.63, 3.8) is 0 Å². The number of hydrogen-bond donors (Lipinski definition) is 2. The summed E-state index contributed by atoms with van der Waals surface area (Å²) in [7, 11) is 0. The molecule has 3 rings (SSSR count). The number of anilines is 1. The van der Waals surface area contributed by atoms with Crippen LogP contribution in [-0.4, -0.2) is 39.2 Å². The molecule has 0 aliphatic carbocycles. The second-order valence-electron chi connectivity index (χ2n) is 5.00. The molecule has 2 heterocycles. The van der Waals surface area contributed by atoms with Crippen LogP contribution in [0.2, 0.25) is 0 Å². The van der Waals surface area contributed by atoms with Crippen LogP contribution in [0.25, 0.3) is 5.69 Å². The third-order valence-electron chi connectivity index (χ3n) is 3.66. The number of carbonyl (C=O) groups is 1. The average Bonchev–Trinajstić information content (AvgIpc) is 2.90. The fourth-order valence-electron chi connectivity index (χ4n) is 2.14. The highest BCUT2D eigenvalue weighted by Gasteiger charge is 2.28. The highest BCUT2D eigenvalue weighted by atomic mass is 35.5. The summed E-state index contributed by atoms with van der Waals surface area (Å²) in [6.45, 7) is 3.80. The molecule has 1 aromatic carbocycles. The van der Waals surface area contributed by atoms with Crippen LogP contribution >= 0.6 is 12.4 Å². The lowest BCUT2D eigenvalue weighted by atomic mass is 9.88. The predicted molar refractivity (Wildman–Crippen MR) is 80.6 cm³/mol. The van der Waals surface area contributed by atoms with Gasteiger partial charge in [0.1, 0.15) is 6.33 Å². The van der Waals surface area contributed by atoms with E-state index in [4.69, 9.17) is 0 Å². The van der Waals surface area contributed by atoms with Crippen molar-refractivity contribution in [2.24, 2.45) is 11.8 Å². The number of nitrogens with one attached hydrogen (secondary N) is 2. The second kappa shape index (κ2) is 6.64. The summed E-state index contributed by atoms with van der Waals surface area (Å²) >= 11 is 0. The molecule has 0 saturated carbocycles. The van der Waals surface area contributed by atoms with Crippen molar-refractivity contribution in [2.75, 3.05) is 18.4 Å².